The molecule has 2 fully saturated rings. The van der Waals surface area contributed by atoms with Crippen LogP contribution < -0.4 is 15.2 Å². The molecule has 5 rings (SSSR count). The number of carbonyl (C=O) groups excluding carboxylic acids is 2. The number of nitrogens with zero attached hydrogens (tertiary/aromatic N) is 3. The Kier molecular flexibility index (Phi) is 6.63. The third-order valence-electron chi connectivity index (χ3n) is 6.46. The van der Waals surface area contributed by atoms with E-state index in [2.05, 4.69) is 4.98 Å². The maximum atomic E-state index is 15.1. The van der Waals surface area contributed by atoms with Gasteiger partial charge in [0.15, 0.2) is 6.17 Å². The van der Waals surface area contributed by atoms with E-state index in [1.165, 1.54) is 4.90 Å². The van der Waals surface area contributed by atoms with Gasteiger partial charge in [-0.05, 0) is 48.7 Å². The van der Waals surface area contributed by atoms with Crippen molar-refractivity contribution in [2.45, 2.75) is 44.1 Å². The highest BCUT2D eigenvalue weighted by molar-refractivity contribution is 5.97. The van der Waals surface area contributed by atoms with Crippen LogP contribution in [0.5, 0.6) is 11.5 Å². The SMILES string of the molecule is Cn1cnc(-c2ccc(O[C@@H]3CCN(C(=O)Cc4ccc(OC5CC5)cc4)CC3F)c(C(N)=O)c2)c1. The Bertz CT molecular complexity index is 1250. The minimum absolute atomic E-state index is 0.0652. The smallest absolute Gasteiger partial charge is 0.252 e. The first-order chi connectivity index (χ1) is 17.4. The molecule has 9 heteroatoms. The zero-order chi connectivity index (χ0) is 25.2. The highest BCUT2D eigenvalue weighted by Gasteiger charge is 2.33. The molecule has 0 spiro atoms. The molecule has 1 saturated carbocycles. The number of rotatable bonds is 8. The van der Waals surface area contributed by atoms with Crippen molar-refractivity contribution in [1.82, 2.24) is 14.5 Å². The van der Waals surface area contributed by atoms with E-state index >= 15 is 4.39 Å². The van der Waals surface area contributed by atoms with Gasteiger partial charge in [0.1, 0.15) is 17.6 Å². The zero-order valence-corrected chi connectivity index (χ0v) is 20.1. The molecule has 1 aliphatic carbocycles. The molecule has 2 aromatic carbocycles. The Labute approximate surface area is 208 Å². The molecule has 8 nitrogen and oxygen atoms in total. The molecule has 0 radical (unpaired) electrons. The number of aromatic nitrogens is 2. The molecule has 188 valence electrons. The third kappa shape index (κ3) is 5.50. The zero-order valence-electron chi connectivity index (χ0n) is 20.1. The first-order valence-corrected chi connectivity index (χ1v) is 12.1. The van der Waals surface area contributed by atoms with Crippen molar-refractivity contribution in [3.05, 3.63) is 66.1 Å². The van der Waals surface area contributed by atoms with Gasteiger partial charge in [-0.3, -0.25) is 9.59 Å². The summed E-state index contributed by atoms with van der Waals surface area (Å²) in [5.74, 6) is 0.228. The van der Waals surface area contributed by atoms with Crippen molar-refractivity contribution in [2.24, 2.45) is 12.8 Å². The van der Waals surface area contributed by atoms with Crippen LogP contribution in [0.3, 0.4) is 0 Å². The minimum Gasteiger partial charge on any atom is -0.490 e. The van der Waals surface area contributed by atoms with Gasteiger partial charge in [-0.1, -0.05) is 12.1 Å². The van der Waals surface area contributed by atoms with Crippen LogP contribution in [0.1, 0.15) is 35.2 Å². The summed E-state index contributed by atoms with van der Waals surface area (Å²) in [6.45, 7) is 0.301. The number of halogens is 1. The first kappa shape index (κ1) is 23.8. The predicted octanol–water partition coefficient (Wildman–Crippen LogP) is 3.29. The minimum atomic E-state index is -1.40. The highest BCUT2D eigenvalue weighted by atomic mass is 19.1. The number of piperidine rings is 1. The molecule has 2 amide bonds. The van der Waals surface area contributed by atoms with Crippen LogP contribution in [-0.4, -0.2) is 57.7 Å². The lowest BCUT2D eigenvalue weighted by Crippen LogP contribution is -2.49. The van der Waals surface area contributed by atoms with E-state index in [1.54, 1.807) is 29.1 Å². The Morgan fingerprint density at radius 3 is 2.53 bits per heavy atom. The molecule has 2 N–H and O–H groups in total. The Morgan fingerprint density at radius 1 is 1.11 bits per heavy atom. The van der Waals surface area contributed by atoms with E-state index < -0.39 is 18.2 Å². The number of likely N-dealkylation sites (tertiary alicyclic amines) is 1. The number of benzene rings is 2. The number of primary amides is 1. The third-order valence-corrected chi connectivity index (χ3v) is 6.46. The second-order valence-corrected chi connectivity index (χ2v) is 9.44. The van der Waals surface area contributed by atoms with Crippen LogP contribution in [0.15, 0.2) is 55.0 Å². The monoisotopic (exact) mass is 492 g/mol. The van der Waals surface area contributed by atoms with Gasteiger partial charge in [-0.25, -0.2) is 9.37 Å². The van der Waals surface area contributed by atoms with Gasteiger partial charge in [0, 0.05) is 31.8 Å². The lowest BCUT2D eigenvalue weighted by atomic mass is 10.0. The van der Waals surface area contributed by atoms with E-state index in [0.717, 1.165) is 24.2 Å². The van der Waals surface area contributed by atoms with Crippen LogP contribution in [0.4, 0.5) is 4.39 Å². The normalized spacial score (nSPS) is 19.7. The molecule has 1 unspecified atom stereocenters. The largest absolute Gasteiger partial charge is 0.490 e. The molecule has 3 aromatic rings. The topological polar surface area (TPSA) is 99.7 Å². The van der Waals surface area contributed by atoms with E-state index in [9.17, 15) is 9.59 Å². The number of amides is 2. The molecular weight excluding hydrogens is 463 g/mol. The fourth-order valence-corrected chi connectivity index (χ4v) is 4.30. The highest BCUT2D eigenvalue weighted by Crippen LogP contribution is 2.29. The lowest BCUT2D eigenvalue weighted by Gasteiger charge is -2.35. The first-order valence-electron chi connectivity index (χ1n) is 12.1. The van der Waals surface area contributed by atoms with E-state index in [0.29, 0.717) is 30.3 Å². The Morgan fingerprint density at radius 2 is 1.89 bits per heavy atom. The van der Waals surface area contributed by atoms with Gasteiger partial charge in [0.2, 0.25) is 5.91 Å². The summed E-state index contributed by atoms with van der Waals surface area (Å²) in [5, 5.41) is 0. The molecule has 36 heavy (non-hydrogen) atoms. The van der Waals surface area contributed by atoms with Crippen LogP contribution in [0.2, 0.25) is 0 Å². The van der Waals surface area contributed by atoms with Crippen LogP contribution in [0, 0.1) is 0 Å². The number of carbonyl (C=O) groups is 2. The number of hydrogen-bond donors (Lipinski definition) is 1. The quantitative estimate of drug-likeness (QED) is 0.520. The average Bonchev–Trinajstić information content (AvgIpc) is 3.58. The van der Waals surface area contributed by atoms with Gasteiger partial charge in [0.25, 0.3) is 5.91 Å². The van der Waals surface area contributed by atoms with Crippen LogP contribution in [-0.2, 0) is 18.3 Å². The molecule has 1 aromatic heterocycles. The molecule has 2 atom stereocenters. The molecule has 1 aliphatic heterocycles. The number of imidazole rings is 1. The number of hydrogen-bond acceptors (Lipinski definition) is 5. The molecular formula is C27H29FN4O4. The van der Waals surface area contributed by atoms with Crippen LogP contribution in [0.25, 0.3) is 11.3 Å². The Hall–Kier alpha value is -3.88. The number of aryl methyl sites for hydroxylation is 1. The summed E-state index contributed by atoms with van der Waals surface area (Å²) in [5.41, 5.74) is 8.00. The number of nitrogens with two attached hydrogens (primary N) is 1. The predicted molar refractivity (Wildman–Crippen MR) is 131 cm³/mol. The van der Waals surface area contributed by atoms with Crippen molar-refractivity contribution in [3.8, 4) is 22.8 Å². The summed E-state index contributed by atoms with van der Waals surface area (Å²) in [6.07, 6.45) is 4.30. The van der Waals surface area contributed by atoms with Gasteiger partial charge in [0.05, 0.1) is 36.7 Å². The second kappa shape index (κ2) is 10.0. The maximum absolute atomic E-state index is 15.1. The van der Waals surface area contributed by atoms with Crippen molar-refractivity contribution in [2.75, 3.05) is 13.1 Å². The Balaban J connectivity index is 1.19. The summed E-state index contributed by atoms with van der Waals surface area (Å²) in [6, 6.07) is 12.5. The number of ether oxygens (including phenoxy) is 2. The fourth-order valence-electron chi connectivity index (χ4n) is 4.30. The molecule has 1 saturated heterocycles. The van der Waals surface area contributed by atoms with Crippen molar-refractivity contribution >= 4 is 11.8 Å². The number of alkyl halides is 1. The van der Waals surface area contributed by atoms with Gasteiger partial charge < -0.3 is 24.7 Å². The van der Waals surface area contributed by atoms with E-state index in [4.69, 9.17) is 15.2 Å². The maximum Gasteiger partial charge on any atom is 0.252 e. The van der Waals surface area contributed by atoms with Gasteiger partial charge in [-0.2, -0.15) is 0 Å². The summed E-state index contributed by atoms with van der Waals surface area (Å²) in [4.78, 5) is 30.7. The molecule has 2 aliphatic rings. The van der Waals surface area contributed by atoms with Gasteiger partial charge >= 0.3 is 0 Å². The van der Waals surface area contributed by atoms with Crippen molar-refractivity contribution in [1.29, 1.82) is 0 Å². The lowest BCUT2D eigenvalue weighted by molar-refractivity contribution is -0.134. The van der Waals surface area contributed by atoms with E-state index in [-0.39, 0.29) is 30.2 Å². The van der Waals surface area contributed by atoms with Crippen molar-refractivity contribution in [3.63, 3.8) is 0 Å². The molecule has 2 heterocycles. The average molecular weight is 493 g/mol. The summed E-state index contributed by atoms with van der Waals surface area (Å²) >= 11 is 0. The molecule has 0 bridgehead atoms. The van der Waals surface area contributed by atoms with E-state index in [1.807, 2.05) is 37.5 Å². The summed E-state index contributed by atoms with van der Waals surface area (Å²) in [7, 11) is 1.85. The van der Waals surface area contributed by atoms with Crippen LogP contribution >= 0.6 is 0 Å². The van der Waals surface area contributed by atoms with Crippen molar-refractivity contribution < 1.29 is 23.5 Å². The standard InChI is InChI=1S/C27H29FN4O4/c1-31-15-23(30-16-31)18-4-9-24(21(13-18)27(29)34)36-25-10-11-32(14-22(25)28)26(33)12-17-2-5-19(6-3-17)35-20-7-8-20/h2-6,9,13,15-16,20,22,25H,7-8,10-12,14H2,1H3,(H2,29,34)/t22?,25-/m1/s1. The fraction of sp³-hybridized carbons (Fsp3) is 0.370. The second-order valence-electron chi connectivity index (χ2n) is 9.44. The van der Waals surface area contributed by atoms with Gasteiger partial charge in [-0.15, -0.1) is 0 Å². The summed E-state index contributed by atoms with van der Waals surface area (Å²) < 4.78 is 28.5.